The van der Waals surface area contributed by atoms with Gasteiger partial charge in [0.15, 0.2) is 0 Å². The largest absolute Gasteiger partial charge is 0.219 e. The molecular formula is C36H42O2S4. The maximum atomic E-state index is 13.3. The fourth-order valence-electron chi connectivity index (χ4n) is 4.50. The van der Waals surface area contributed by atoms with Crippen molar-refractivity contribution in [2.75, 3.05) is 0 Å². The first-order chi connectivity index (χ1) is 19.8. The number of sulfone groups is 1. The van der Waals surface area contributed by atoms with Gasteiger partial charge in [0.1, 0.15) is 0 Å². The molecule has 42 heavy (non-hydrogen) atoms. The number of rotatable bonds is 12. The predicted molar refractivity (Wildman–Crippen MR) is 182 cm³/mol. The molecule has 4 aromatic rings. The van der Waals surface area contributed by atoms with Crippen LogP contribution in [0.25, 0.3) is 0 Å². The van der Waals surface area contributed by atoms with Gasteiger partial charge in [-0.25, -0.2) is 8.42 Å². The van der Waals surface area contributed by atoms with Gasteiger partial charge in [0.05, 0.1) is 9.79 Å². The number of hydrogen-bond donors (Lipinski definition) is 0. The number of benzene rings is 4. The van der Waals surface area contributed by atoms with Crippen LogP contribution in [0.15, 0.2) is 131 Å². The highest BCUT2D eigenvalue weighted by molar-refractivity contribution is 8.00. The molecule has 4 rings (SSSR count). The Kier molecular flexibility index (Phi) is 10.7. The van der Waals surface area contributed by atoms with E-state index in [4.69, 9.17) is 0 Å². The van der Waals surface area contributed by atoms with E-state index in [2.05, 4.69) is 97.0 Å². The fraction of sp³-hybridized carbons (Fsp3) is 0.333. The van der Waals surface area contributed by atoms with E-state index in [0.717, 1.165) is 28.2 Å². The van der Waals surface area contributed by atoms with Crippen LogP contribution in [-0.4, -0.2) is 13.2 Å². The van der Waals surface area contributed by atoms with Gasteiger partial charge in [-0.2, -0.15) is 0 Å². The monoisotopic (exact) mass is 634 g/mol. The first-order valence-electron chi connectivity index (χ1n) is 14.5. The highest BCUT2D eigenvalue weighted by Gasteiger charge is 2.27. The molecule has 0 aromatic heterocycles. The number of hydrogen-bond acceptors (Lipinski definition) is 5. The third-order valence-corrected chi connectivity index (χ3v) is 13.4. The van der Waals surface area contributed by atoms with Crippen LogP contribution in [0.3, 0.4) is 0 Å². The second kappa shape index (κ2) is 13.7. The summed E-state index contributed by atoms with van der Waals surface area (Å²) in [5, 5.41) is 0. The highest BCUT2D eigenvalue weighted by Crippen LogP contribution is 2.38. The molecule has 1 atom stereocenters. The lowest BCUT2D eigenvalue weighted by Crippen LogP contribution is -2.26. The van der Waals surface area contributed by atoms with E-state index in [0.29, 0.717) is 15.7 Å². The summed E-state index contributed by atoms with van der Waals surface area (Å²) in [6.07, 6.45) is 2.21. The zero-order valence-electron chi connectivity index (χ0n) is 25.7. The highest BCUT2D eigenvalue weighted by atomic mass is 32.2. The second-order valence-electron chi connectivity index (χ2n) is 11.9. The van der Waals surface area contributed by atoms with Gasteiger partial charge in [-0.1, -0.05) is 90.5 Å². The average molecular weight is 635 g/mol. The van der Waals surface area contributed by atoms with Crippen molar-refractivity contribution in [1.29, 1.82) is 0 Å². The van der Waals surface area contributed by atoms with Crippen LogP contribution >= 0.6 is 35.3 Å². The van der Waals surface area contributed by atoms with Crippen LogP contribution in [0, 0.1) is 5.92 Å². The van der Waals surface area contributed by atoms with Crippen molar-refractivity contribution in [1.82, 2.24) is 0 Å². The Labute approximate surface area is 266 Å². The van der Waals surface area contributed by atoms with Gasteiger partial charge in [0.2, 0.25) is 9.84 Å². The van der Waals surface area contributed by atoms with E-state index in [1.165, 1.54) is 14.7 Å². The van der Waals surface area contributed by atoms with Crippen LogP contribution < -0.4 is 0 Å². The van der Waals surface area contributed by atoms with Gasteiger partial charge in [0.25, 0.3) is 0 Å². The van der Waals surface area contributed by atoms with Gasteiger partial charge >= 0.3 is 0 Å². The van der Waals surface area contributed by atoms with Crippen LogP contribution in [0.5, 0.6) is 0 Å². The summed E-state index contributed by atoms with van der Waals surface area (Å²) in [5.41, 5.74) is 1.15. The SMILES string of the molecule is CCC(C)C(C)(C)c1ccc(S(=O)(=O)c2ccc(Sc3ccc(Sc4ccc(SC(C)(C)CC)cc4)cc3)cc2)cc1. The van der Waals surface area contributed by atoms with Crippen LogP contribution in [-0.2, 0) is 15.3 Å². The van der Waals surface area contributed by atoms with E-state index in [1.807, 2.05) is 36.0 Å². The van der Waals surface area contributed by atoms with Crippen molar-refractivity contribution >= 4 is 45.1 Å². The van der Waals surface area contributed by atoms with Gasteiger partial charge < -0.3 is 0 Å². The molecule has 0 heterocycles. The summed E-state index contributed by atoms with van der Waals surface area (Å²) < 4.78 is 26.9. The van der Waals surface area contributed by atoms with Crippen molar-refractivity contribution < 1.29 is 8.42 Å². The molecule has 2 nitrogen and oxygen atoms in total. The molecule has 0 amide bonds. The zero-order valence-corrected chi connectivity index (χ0v) is 28.9. The summed E-state index contributed by atoms with van der Waals surface area (Å²) in [5.74, 6) is 0.500. The van der Waals surface area contributed by atoms with Crippen molar-refractivity contribution in [3.63, 3.8) is 0 Å². The Hall–Kier alpha value is -2.12. The van der Waals surface area contributed by atoms with Crippen molar-refractivity contribution in [3.8, 4) is 0 Å². The zero-order chi connectivity index (χ0) is 30.5. The molecular weight excluding hydrogens is 593 g/mol. The fourth-order valence-corrected chi connectivity index (χ4v) is 8.44. The van der Waals surface area contributed by atoms with Crippen molar-refractivity contribution in [2.45, 2.75) is 106 Å². The molecule has 0 aliphatic carbocycles. The van der Waals surface area contributed by atoms with Crippen molar-refractivity contribution in [2.24, 2.45) is 5.92 Å². The molecule has 0 saturated carbocycles. The molecule has 0 radical (unpaired) electrons. The molecule has 0 aliphatic rings. The molecule has 0 bridgehead atoms. The van der Waals surface area contributed by atoms with Gasteiger partial charge in [0, 0.05) is 29.2 Å². The second-order valence-corrected chi connectivity index (χ2v) is 17.9. The molecule has 0 aliphatic heterocycles. The third-order valence-electron chi connectivity index (χ3n) is 8.25. The standard InChI is InChI=1S/C36H42O2S4/c1-8-26(3)36(6,7)27-10-22-33(23-11-27)42(37,38)34-24-20-31(21-25-34)40-29-14-12-28(13-15-29)39-30-16-18-32(19-17-30)41-35(4,5)9-2/h10-26H,8-9H2,1-7H3. The van der Waals surface area contributed by atoms with E-state index < -0.39 is 9.84 Å². The predicted octanol–water partition coefficient (Wildman–Crippen LogP) is 11.4. The quantitative estimate of drug-likeness (QED) is 0.145. The average Bonchev–Trinajstić information content (AvgIpc) is 2.99. The van der Waals surface area contributed by atoms with Crippen LogP contribution in [0.2, 0.25) is 0 Å². The van der Waals surface area contributed by atoms with Crippen LogP contribution in [0.4, 0.5) is 0 Å². The molecule has 0 N–H and O–H groups in total. The minimum atomic E-state index is -3.58. The Balaban J connectivity index is 1.38. The van der Waals surface area contributed by atoms with Crippen molar-refractivity contribution in [3.05, 3.63) is 103 Å². The Morgan fingerprint density at radius 3 is 1.33 bits per heavy atom. The minimum absolute atomic E-state index is 0.0107. The Bertz CT molecular complexity index is 1550. The molecule has 6 heteroatoms. The summed E-state index contributed by atoms with van der Waals surface area (Å²) >= 11 is 5.31. The maximum absolute atomic E-state index is 13.3. The lowest BCUT2D eigenvalue weighted by molar-refractivity contribution is 0.335. The van der Waals surface area contributed by atoms with E-state index in [1.54, 1.807) is 47.8 Å². The molecule has 0 fully saturated rings. The smallest absolute Gasteiger partial charge is 0.206 e. The number of thioether (sulfide) groups is 1. The maximum Gasteiger partial charge on any atom is 0.206 e. The summed E-state index contributed by atoms with van der Waals surface area (Å²) in [6, 6.07) is 32.0. The molecule has 1 unspecified atom stereocenters. The summed E-state index contributed by atoms with van der Waals surface area (Å²) in [7, 11) is -3.58. The summed E-state index contributed by atoms with van der Waals surface area (Å²) in [4.78, 5) is 6.48. The molecule has 222 valence electrons. The van der Waals surface area contributed by atoms with Gasteiger partial charge in [-0.15, -0.1) is 11.8 Å². The summed E-state index contributed by atoms with van der Waals surface area (Å²) in [6.45, 7) is 15.7. The van der Waals surface area contributed by atoms with Crippen LogP contribution in [0.1, 0.15) is 66.9 Å². The normalized spacial score (nSPS) is 13.2. The van der Waals surface area contributed by atoms with Gasteiger partial charge in [-0.3, -0.25) is 0 Å². The van der Waals surface area contributed by atoms with E-state index in [-0.39, 0.29) is 10.2 Å². The molecule has 0 saturated heterocycles. The Morgan fingerprint density at radius 2 is 0.952 bits per heavy atom. The first kappa shape index (κ1) is 32.8. The molecule has 4 aromatic carbocycles. The third kappa shape index (κ3) is 8.07. The lowest BCUT2D eigenvalue weighted by atomic mass is 9.73. The lowest BCUT2D eigenvalue weighted by Gasteiger charge is -2.32. The van der Waals surface area contributed by atoms with E-state index in [9.17, 15) is 8.42 Å². The topological polar surface area (TPSA) is 34.1 Å². The minimum Gasteiger partial charge on any atom is -0.219 e. The van der Waals surface area contributed by atoms with E-state index >= 15 is 0 Å². The van der Waals surface area contributed by atoms with Gasteiger partial charge in [-0.05, 0) is 108 Å². The Morgan fingerprint density at radius 1 is 0.595 bits per heavy atom. The molecule has 0 spiro atoms. The first-order valence-corrected chi connectivity index (χ1v) is 18.5.